The van der Waals surface area contributed by atoms with Gasteiger partial charge in [-0.25, -0.2) is 4.98 Å². The fourth-order valence-corrected chi connectivity index (χ4v) is 5.51. The van der Waals surface area contributed by atoms with Gasteiger partial charge in [0, 0.05) is 60.7 Å². The standard InChI is InChI=1S/C17H25N5O2S2/c1-4-21(5-2)26(23,24)22-8-6-14(12-22)16-11-15(10-13(3)19-16)20-17-18-7-9-25-17/h7,9-11,14H,4-6,8,12H2,1-3H3,(H,18,19,20). The quantitative estimate of drug-likeness (QED) is 0.780. The maximum Gasteiger partial charge on any atom is 0.281 e. The van der Waals surface area contributed by atoms with E-state index >= 15 is 0 Å². The third-order valence-corrected chi connectivity index (χ3v) is 7.43. The lowest BCUT2D eigenvalue weighted by Gasteiger charge is -2.25. The van der Waals surface area contributed by atoms with Crippen LogP contribution in [0.1, 0.15) is 37.6 Å². The second-order valence-electron chi connectivity index (χ2n) is 6.32. The molecule has 1 saturated heterocycles. The van der Waals surface area contributed by atoms with Crippen molar-refractivity contribution in [1.82, 2.24) is 18.6 Å². The average molecular weight is 396 g/mol. The number of hydrogen-bond acceptors (Lipinski definition) is 6. The van der Waals surface area contributed by atoms with Crippen molar-refractivity contribution in [1.29, 1.82) is 0 Å². The molecule has 3 rings (SSSR count). The van der Waals surface area contributed by atoms with Crippen LogP contribution in [0.4, 0.5) is 10.8 Å². The first-order valence-electron chi connectivity index (χ1n) is 8.84. The molecule has 0 spiro atoms. The summed E-state index contributed by atoms with van der Waals surface area (Å²) in [6.07, 6.45) is 2.54. The molecule has 1 aliphatic heterocycles. The molecule has 0 saturated carbocycles. The van der Waals surface area contributed by atoms with Crippen molar-refractivity contribution < 1.29 is 8.42 Å². The molecular formula is C17H25N5O2S2. The van der Waals surface area contributed by atoms with Gasteiger partial charge in [-0.05, 0) is 25.5 Å². The molecule has 7 nitrogen and oxygen atoms in total. The maximum absolute atomic E-state index is 12.7. The van der Waals surface area contributed by atoms with Crippen LogP contribution in [0.3, 0.4) is 0 Å². The molecule has 1 N–H and O–H groups in total. The van der Waals surface area contributed by atoms with Crippen LogP contribution in [0.15, 0.2) is 23.7 Å². The number of aryl methyl sites for hydroxylation is 1. The lowest BCUT2D eigenvalue weighted by Crippen LogP contribution is -2.42. The monoisotopic (exact) mass is 395 g/mol. The summed E-state index contributed by atoms with van der Waals surface area (Å²) in [4.78, 5) is 8.90. The summed E-state index contributed by atoms with van der Waals surface area (Å²) in [7, 11) is -3.39. The summed E-state index contributed by atoms with van der Waals surface area (Å²) in [6.45, 7) is 7.69. The van der Waals surface area contributed by atoms with Gasteiger partial charge in [0.25, 0.3) is 10.2 Å². The number of nitrogens with one attached hydrogen (secondary N) is 1. The summed E-state index contributed by atoms with van der Waals surface area (Å²) in [5, 5.41) is 6.05. The van der Waals surface area contributed by atoms with Gasteiger partial charge in [-0.2, -0.15) is 17.0 Å². The second kappa shape index (κ2) is 7.99. The molecule has 1 aliphatic rings. The summed E-state index contributed by atoms with van der Waals surface area (Å²) in [5.41, 5.74) is 2.78. The largest absolute Gasteiger partial charge is 0.331 e. The van der Waals surface area contributed by atoms with Crippen molar-refractivity contribution in [2.75, 3.05) is 31.5 Å². The number of nitrogens with zero attached hydrogens (tertiary/aromatic N) is 4. The summed E-state index contributed by atoms with van der Waals surface area (Å²) in [5.74, 6) is 0.108. The Morgan fingerprint density at radius 3 is 2.77 bits per heavy atom. The third-order valence-electron chi connectivity index (χ3n) is 4.58. The molecule has 1 atom stereocenters. The topological polar surface area (TPSA) is 78.4 Å². The molecule has 2 aromatic heterocycles. The van der Waals surface area contributed by atoms with Gasteiger partial charge in [0.2, 0.25) is 0 Å². The zero-order valence-corrected chi connectivity index (χ0v) is 17.0. The average Bonchev–Trinajstić information content (AvgIpc) is 3.27. The van der Waals surface area contributed by atoms with Crippen molar-refractivity contribution >= 4 is 32.4 Å². The van der Waals surface area contributed by atoms with Crippen LogP contribution in [-0.4, -0.2) is 53.2 Å². The lowest BCUT2D eigenvalue weighted by atomic mass is 10.0. The Kier molecular flexibility index (Phi) is 5.91. The Hall–Kier alpha value is -1.55. The first-order chi connectivity index (χ1) is 12.4. The van der Waals surface area contributed by atoms with E-state index in [9.17, 15) is 8.42 Å². The molecule has 1 fully saturated rings. The normalized spacial score (nSPS) is 18.5. The Labute approximate surface area is 159 Å². The molecule has 3 heterocycles. The lowest BCUT2D eigenvalue weighted by molar-refractivity contribution is 0.377. The molecule has 1 unspecified atom stereocenters. The highest BCUT2D eigenvalue weighted by atomic mass is 32.2. The molecule has 2 aromatic rings. The van der Waals surface area contributed by atoms with Crippen LogP contribution in [0.5, 0.6) is 0 Å². The van der Waals surface area contributed by atoms with E-state index in [0.29, 0.717) is 26.2 Å². The zero-order valence-electron chi connectivity index (χ0n) is 15.3. The Balaban J connectivity index is 1.77. The van der Waals surface area contributed by atoms with Gasteiger partial charge in [0.15, 0.2) is 5.13 Å². The Morgan fingerprint density at radius 2 is 2.12 bits per heavy atom. The third kappa shape index (κ3) is 4.06. The highest BCUT2D eigenvalue weighted by Crippen LogP contribution is 2.31. The predicted molar refractivity (Wildman–Crippen MR) is 105 cm³/mol. The zero-order chi connectivity index (χ0) is 18.7. The van der Waals surface area contributed by atoms with Crippen LogP contribution in [0.25, 0.3) is 0 Å². The van der Waals surface area contributed by atoms with Gasteiger partial charge in [-0.1, -0.05) is 13.8 Å². The molecule has 0 radical (unpaired) electrons. The van der Waals surface area contributed by atoms with Crippen molar-refractivity contribution in [3.63, 3.8) is 0 Å². The highest BCUT2D eigenvalue weighted by Gasteiger charge is 2.35. The minimum atomic E-state index is -3.39. The minimum Gasteiger partial charge on any atom is -0.331 e. The Morgan fingerprint density at radius 1 is 1.35 bits per heavy atom. The molecule has 9 heteroatoms. The van der Waals surface area contributed by atoms with Gasteiger partial charge in [-0.3, -0.25) is 4.98 Å². The number of rotatable bonds is 7. The molecule has 0 bridgehead atoms. The van der Waals surface area contributed by atoms with Crippen LogP contribution in [-0.2, 0) is 10.2 Å². The first-order valence-corrected chi connectivity index (χ1v) is 11.1. The molecule has 26 heavy (non-hydrogen) atoms. The minimum absolute atomic E-state index is 0.108. The van der Waals surface area contributed by atoms with Crippen molar-refractivity contribution in [2.24, 2.45) is 0 Å². The number of hydrogen-bond donors (Lipinski definition) is 1. The summed E-state index contributed by atoms with van der Waals surface area (Å²) < 4.78 is 28.6. The van der Waals surface area contributed by atoms with Crippen LogP contribution in [0, 0.1) is 6.92 Å². The van der Waals surface area contributed by atoms with Gasteiger partial charge >= 0.3 is 0 Å². The van der Waals surface area contributed by atoms with Crippen molar-refractivity contribution in [2.45, 2.75) is 33.1 Å². The van der Waals surface area contributed by atoms with E-state index in [2.05, 4.69) is 15.3 Å². The highest BCUT2D eigenvalue weighted by molar-refractivity contribution is 7.86. The SMILES string of the molecule is CCN(CC)S(=O)(=O)N1CCC(c2cc(Nc3nccs3)cc(C)n2)C1. The molecule has 0 aliphatic carbocycles. The van der Waals surface area contributed by atoms with Gasteiger partial charge < -0.3 is 5.32 Å². The Bertz CT molecular complexity index is 835. The van der Waals surface area contributed by atoms with E-state index in [1.165, 1.54) is 15.6 Å². The van der Waals surface area contributed by atoms with Crippen LogP contribution in [0.2, 0.25) is 0 Å². The maximum atomic E-state index is 12.7. The van der Waals surface area contributed by atoms with E-state index in [-0.39, 0.29) is 5.92 Å². The number of aromatic nitrogens is 2. The van der Waals surface area contributed by atoms with E-state index in [1.54, 1.807) is 10.5 Å². The van der Waals surface area contributed by atoms with Crippen molar-refractivity contribution in [3.05, 3.63) is 35.1 Å². The second-order valence-corrected chi connectivity index (χ2v) is 9.14. The van der Waals surface area contributed by atoms with E-state index in [0.717, 1.165) is 28.6 Å². The van der Waals surface area contributed by atoms with Gasteiger partial charge in [0.05, 0.1) is 0 Å². The molecule has 142 valence electrons. The van der Waals surface area contributed by atoms with E-state index < -0.39 is 10.2 Å². The fourth-order valence-electron chi connectivity index (χ4n) is 3.28. The molecular weight excluding hydrogens is 370 g/mol. The summed E-state index contributed by atoms with van der Waals surface area (Å²) in [6, 6.07) is 3.98. The van der Waals surface area contributed by atoms with Crippen molar-refractivity contribution in [3.8, 4) is 0 Å². The molecule has 0 aromatic carbocycles. The first kappa shape index (κ1) is 19.2. The smallest absolute Gasteiger partial charge is 0.281 e. The van der Waals surface area contributed by atoms with E-state index in [4.69, 9.17) is 0 Å². The van der Waals surface area contributed by atoms with E-state index in [1.807, 2.05) is 38.3 Å². The van der Waals surface area contributed by atoms with Gasteiger partial charge in [-0.15, -0.1) is 11.3 Å². The van der Waals surface area contributed by atoms with Crippen LogP contribution >= 0.6 is 11.3 Å². The summed E-state index contributed by atoms with van der Waals surface area (Å²) >= 11 is 1.54. The number of pyridine rings is 1. The number of thiazole rings is 1. The van der Waals surface area contributed by atoms with Gasteiger partial charge in [0.1, 0.15) is 0 Å². The number of anilines is 2. The van der Waals surface area contributed by atoms with Crippen LogP contribution < -0.4 is 5.32 Å². The predicted octanol–water partition coefficient (Wildman–Crippen LogP) is 2.97. The molecule has 0 amide bonds. The fraction of sp³-hybridized carbons (Fsp3) is 0.529.